The van der Waals surface area contributed by atoms with Crippen LogP contribution in [0.25, 0.3) is 0 Å². The predicted molar refractivity (Wildman–Crippen MR) is 80.7 cm³/mol. The summed E-state index contributed by atoms with van der Waals surface area (Å²) in [5.41, 5.74) is 2.50. The van der Waals surface area contributed by atoms with E-state index in [4.69, 9.17) is 4.74 Å². The molecular weight excluding hydrogens is 248 g/mol. The first kappa shape index (κ1) is 14.1. The molecule has 1 saturated carbocycles. The molecule has 0 bridgehead atoms. The van der Waals surface area contributed by atoms with Crippen molar-refractivity contribution in [2.75, 3.05) is 6.61 Å². The second-order valence-electron chi connectivity index (χ2n) is 6.59. The fourth-order valence-corrected chi connectivity index (χ4v) is 3.74. The van der Waals surface area contributed by atoms with Crippen molar-refractivity contribution < 1.29 is 9.84 Å². The number of hydrogen-bond acceptors (Lipinski definition) is 2. The summed E-state index contributed by atoms with van der Waals surface area (Å²) in [5, 5.41) is 10.5. The quantitative estimate of drug-likeness (QED) is 0.895. The van der Waals surface area contributed by atoms with Crippen molar-refractivity contribution in [2.45, 2.75) is 63.6 Å². The van der Waals surface area contributed by atoms with Crippen molar-refractivity contribution in [2.24, 2.45) is 5.92 Å². The summed E-state index contributed by atoms with van der Waals surface area (Å²) in [7, 11) is 0. The summed E-state index contributed by atoms with van der Waals surface area (Å²) in [6.07, 6.45) is 7.67. The number of aliphatic hydroxyl groups excluding tert-OH is 1. The third-order valence-electron chi connectivity index (χ3n) is 5.03. The number of aliphatic hydroxyl groups is 1. The Labute approximate surface area is 122 Å². The molecule has 20 heavy (non-hydrogen) atoms. The van der Waals surface area contributed by atoms with E-state index in [0.717, 1.165) is 17.9 Å². The monoisotopic (exact) mass is 274 g/mol. The van der Waals surface area contributed by atoms with Gasteiger partial charge in [-0.15, -0.1) is 0 Å². The fraction of sp³-hybridized carbons (Fsp3) is 0.667. The van der Waals surface area contributed by atoms with Gasteiger partial charge in [-0.25, -0.2) is 0 Å². The van der Waals surface area contributed by atoms with Crippen LogP contribution in [0.1, 0.15) is 68.6 Å². The summed E-state index contributed by atoms with van der Waals surface area (Å²) in [5.74, 6) is 0.996. The minimum Gasteiger partial charge on any atom is -0.388 e. The molecule has 0 spiro atoms. The van der Waals surface area contributed by atoms with E-state index in [1.807, 2.05) is 0 Å². The van der Waals surface area contributed by atoms with Gasteiger partial charge in [-0.3, -0.25) is 0 Å². The van der Waals surface area contributed by atoms with Gasteiger partial charge < -0.3 is 9.84 Å². The van der Waals surface area contributed by atoms with Gasteiger partial charge in [-0.2, -0.15) is 0 Å². The van der Waals surface area contributed by atoms with Crippen molar-refractivity contribution >= 4 is 0 Å². The Morgan fingerprint density at radius 3 is 2.40 bits per heavy atom. The van der Waals surface area contributed by atoms with Gasteiger partial charge in [-0.05, 0) is 43.2 Å². The lowest BCUT2D eigenvalue weighted by Crippen LogP contribution is -2.13. The topological polar surface area (TPSA) is 29.5 Å². The van der Waals surface area contributed by atoms with E-state index in [-0.39, 0.29) is 18.1 Å². The molecule has 2 fully saturated rings. The van der Waals surface area contributed by atoms with E-state index in [0.29, 0.717) is 6.61 Å². The molecule has 2 nitrogen and oxygen atoms in total. The molecule has 1 saturated heterocycles. The van der Waals surface area contributed by atoms with Crippen LogP contribution in [-0.4, -0.2) is 17.8 Å². The zero-order valence-corrected chi connectivity index (χ0v) is 12.4. The SMILES string of the molecule is CC1CC(C(O)c2ccc(C3CCCCC3)cc2)CO1. The maximum absolute atomic E-state index is 10.5. The highest BCUT2D eigenvalue weighted by Gasteiger charge is 2.29. The minimum absolute atomic E-state index is 0.255. The van der Waals surface area contributed by atoms with Crippen LogP contribution in [0.5, 0.6) is 0 Å². The van der Waals surface area contributed by atoms with Gasteiger partial charge in [0.15, 0.2) is 0 Å². The molecule has 1 heterocycles. The molecule has 110 valence electrons. The Kier molecular flexibility index (Phi) is 4.42. The van der Waals surface area contributed by atoms with Crippen LogP contribution in [0.3, 0.4) is 0 Å². The first-order valence-electron chi connectivity index (χ1n) is 8.13. The van der Waals surface area contributed by atoms with E-state index in [9.17, 15) is 5.11 Å². The standard InChI is InChI=1S/C18H26O2/c1-13-11-17(12-20-13)18(19)16-9-7-15(8-10-16)14-5-3-2-4-6-14/h7-10,13-14,17-19H,2-6,11-12H2,1H3. The van der Waals surface area contributed by atoms with Crippen molar-refractivity contribution in [3.05, 3.63) is 35.4 Å². The van der Waals surface area contributed by atoms with E-state index in [1.54, 1.807) is 0 Å². The lowest BCUT2D eigenvalue weighted by Gasteiger charge is -2.23. The first-order valence-corrected chi connectivity index (χ1v) is 8.13. The molecule has 1 aromatic rings. The number of rotatable bonds is 3. The first-order chi connectivity index (χ1) is 9.74. The van der Waals surface area contributed by atoms with Crippen LogP contribution in [-0.2, 0) is 4.74 Å². The van der Waals surface area contributed by atoms with Gasteiger partial charge in [-0.1, -0.05) is 43.5 Å². The average molecular weight is 274 g/mol. The highest BCUT2D eigenvalue weighted by atomic mass is 16.5. The summed E-state index contributed by atoms with van der Waals surface area (Å²) >= 11 is 0. The van der Waals surface area contributed by atoms with Gasteiger partial charge >= 0.3 is 0 Å². The molecule has 0 amide bonds. The van der Waals surface area contributed by atoms with Crippen molar-refractivity contribution in [1.29, 1.82) is 0 Å². The van der Waals surface area contributed by atoms with Gasteiger partial charge in [0, 0.05) is 5.92 Å². The molecule has 0 aromatic heterocycles. The van der Waals surface area contributed by atoms with Crippen molar-refractivity contribution in [3.63, 3.8) is 0 Å². The number of hydrogen-bond donors (Lipinski definition) is 1. The lowest BCUT2D eigenvalue weighted by atomic mass is 9.83. The molecule has 1 aromatic carbocycles. The fourth-order valence-electron chi connectivity index (χ4n) is 3.74. The Morgan fingerprint density at radius 2 is 1.80 bits per heavy atom. The molecule has 1 N–H and O–H groups in total. The highest BCUT2D eigenvalue weighted by Crippen LogP contribution is 2.35. The number of ether oxygens (including phenoxy) is 1. The Morgan fingerprint density at radius 1 is 1.10 bits per heavy atom. The van der Waals surface area contributed by atoms with Gasteiger partial charge in [0.1, 0.15) is 0 Å². The summed E-state index contributed by atoms with van der Waals surface area (Å²) in [6, 6.07) is 8.71. The second-order valence-corrected chi connectivity index (χ2v) is 6.59. The van der Waals surface area contributed by atoms with E-state index >= 15 is 0 Å². The van der Waals surface area contributed by atoms with Crippen LogP contribution in [0.4, 0.5) is 0 Å². The Bertz CT molecular complexity index is 420. The van der Waals surface area contributed by atoms with Crippen LogP contribution in [0.2, 0.25) is 0 Å². The third-order valence-corrected chi connectivity index (χ3v) is 5.03. The van der Waals surface area contributed by atoms with Gasteiger partial charge in [0.25, 0.3) is 0 Å². The van der Waals surface area contributed by atoms with Crippen LogP contribution in [0.15, 0.2) is 24.3 Å². The zero-order chi connectivity index (χ0) is 13.9. The zero-order valence-electron chi connectivity index (χ0n) is 12.4. The van der Waals surface area contributed by atoms with E-state index < -0.39 is 0 Å². The van der Waals surface area contributed by atoms with Gasteiger partial charge in [0.2, 0.25) is 0 Å². The highest BCUT2D eigenvalue weighted by molar-refractivity contribution is 5.27. The molecule has 3 rings (SSSR count). The summed E-state index contributed by atoms with van der Waals surface area (Å²) < 4.78 is 5.57. The molecule has 3 unspecified atom stereocenters. The largest absolute Gasteiger partial charge is 0.388 e. The van der Waals surface area contributed by atoms with Crippen LogP contribution >= 0.6 is 0 Å². The average Bonchev–Trinajstić information content (AvgIpc) is 2.94. The molecule has 0 radical (unpaired) electrons. The third kappa shape index (κ3) is 3.07. The van der Waals surface area contributed by atoms with Crippen LogP contribution in [0, 0.1) is 5.92 Å². The molecule has 3 atom stereocenters. The Hall–Kier alpha value is -0.860. The molecule has 1 aliphatic carbocycles. The minimum atomic E-state index is -0.375. The lowest BCUT2D eigenvalue weighted by molar-refractivity contribution is 0.0804. The molecule has 2 aliphatic rings. The predicted octanol–water partition coefficient (Wildman–Crippen LogP) is 4.19. The molecule has 1 aliphatic heterocycles. The normalized spacial score (nSPS) is 29.5. The maximum Gasteiger partial charge on any atom is 0.0841 e. The smallest absolute Gasteiger partial charge is 0.0841 e. The van der Waals surface area contributed by atoms with E-state index in [2.05, 4.69) is 31.2 Å². The van der Waals surface area contributed by atoms with Crippen molar-refractivity contribution in [1.82, 2.24) is 0 Å². The maximum atomic E-state index is 10.5. The molecule has 2 heteroatoms. The Balaban J connectivity index is 1.66. The van der Waals surface area contributed by atoms with Crippen LogP contribution < -0.4 is 0 Å². The second kappa shape index (κ2) is 6.28. The van der Waals surface area contributed by atoms with Gasteiger partial charge in [0.05, 0.1) is 18.8 Å². The van der Waals surface area contributed by atoms with E-state index in [1.165, 1.54) is 37.7 Å². The molecular formula is C18H26O2. The summed E-state index contributed by atoms with van der Waals surface area (Å²) in [6.45, 7) is 2.77. The number of benzene rings is 1. The summed E-state index contributed by atoms with van der Waals surface area (Å²) in [4.78, 5) is 0. The van der Waals surface area contributed by atoms with Crippen molar-refractivity contribution in [3.8, 4) is 0 Å².